The Balaban J connectivity index is 1.71. The molecule has 27 heavy (non-hydrogen) atoms. The fourth-order valence-electron chi connectivity index (χ4n) is 3.57. The molecule has 0 atom stereocenters. The van der Waals surface area contributed by atoms with Crippen LogP contribution >= 0.6 is 0 Å². The summed E-state index contributed by atoms with van der Waals surface area (Å²) >= 11 is 0. The number of piperazine rings is 1. The standard InChI is InChI=1S/C21H32N6/c1-5-25-12-14-27(15-13-25)20-10-11-22-21(24-20)23-19-9-8-18(16-17(19)4)26(6-2)7-3/h8-11,16H,5-7,12-15H2,1-4H3,(H,22,23,24). The lowest BCUT2D eigenvalue weighted by molar-refractivity contribution is 0.270. The highest BCUT2D eigenvalue weighted by Crippen LogP contribution is 2.25. The van der Waals surface area contributed by atoms with Crippen LogP contribution in [0, 0.1) is 6.92 Å². The molecule has 6 heteroatoms. The molecule has 0 spiro atoms. The van der Waals surface area contributed by atoms with E-state index in [1.54, 1.807) is 0 Å². The van der Waals surface area contributed by atoms with Crippen molar-refractivity contribution in [3.05, 3.63) is 36.0 Å². The first-order valence-electron chi connectivity index (χ1n) is 10.1. The van der Waals surface area contributed by atoms with Gasteiger partial charge in [-0.15, -0.1) is 0 Å². The van der Waals surface area contributed by atoms with Crippen LogP contribution in [0.25, 0.3) is 0 Å². The molecule has 0 radical (unpaired) electrons. The summed E-state index contributed by atoms with van der Waals surface area (Å²) in [4.78, 5) is 16.3. The normalized spacial score (nSPS) is 15.0. The molecular weight excluding hydrogens is 336 g/mol. The Kier molecular flexibility index (Phi) is 6.50. The highest BCUT2D eigenvalue weighted by atomic mass is 15.3. The van der Waals surface area contributed by atoms with Gasteiger partial charge in [0.15, 0.2) is 0 Å². The van der Waals surface area contributed by atoms with Crippen molar-refractivity contribution in [2.45, 2.75) is 27.7 Å². The van der Waals surface area contributed by atoms with Gasteiger partial charge in [0.25, 0.3) is 0 Å². The van der Waals surface area contributed by atoms with Crippen molar-refractivity contribution in [2.24, 2.45) is 0 Å². The maximum atomic E-state index is 4.75. The highest BCUT2D eigenvalue weighted by molar-refractivity contribution is 5.64. The van der Waals surface area contributed by atoms with Gasteiger partial charge < -0.3 is 20.0 Å². The molecule has 0 saturated carbocycles. The zero-order valence-corrected chi connectivity index (χ0v) is 17.1. The predicted molar refractivity (Wildman–Crippen MR) is 114 cm³/mol. The van der Waals surface area contributed by atoms with Gasteiger partial charge in [0.1, 0.15) is 5.82 Å². The molecule has 1 aromatic carbocycles. The van der Waals surface area contributed by atoms with Crippen LogP contribution in [-0.4, -0.2) is 60.7 Å². The van der Waals surface area contributed by atoms with E-state index in [1.165, 1.54) is 11.3 Å². The van der Waals surface area contributed by atoms with E-state index in [-0.39, 0.29) is 0 Å². The number of aromatic nitrogens is 2. The first-order chi connectivity index (χ1) is 13.1. The minimum atomic E-state index is 0.657. The lowest BCUT2D eigenvalue weighted by atomic mass is 10.1. The number of anilines is 4. The fraction of sp³-hybridized carbons (Fsp3) is 0.524. The summed E-state index contributed by atoms with van der Waals surface area (Å²) in [5.74, 6) is 1.66. The van der Waals surface area contributed by atoms with Crippen molar-refractivity contribution in [1.29, 1.82) is 0 Å². The van der Waals surface area contributed by atoms with E-state index in [0.29, 0.717) is 5.95 Å². The van der Waals surface area contributed by atoms with Crippen molar-refractivity contribution in [3.63, 3.8) is 0 Å². The van der Waals surface area contributed by atoms with Gasteiger partial charge in [-0.3, -0.25) is 0 Å². The van der Waals surface area contributed by atoms with Crippen LogP contribution in [0.3, 0.4) is 0 Å². The van der Waals surface area contributed by atoms with E-state index >= 15 is 0 Å². The molecule has 1 aliphatic heterocycles. The number of hydrogen-bond donors (Lipinski definition) is 1. The lowest BCUT2D eigenvalue weighted by Crippen LogP contribution is -2.46. The number of aryl methyl sites for hydroxylation is 1. The highest BCUT2D eigenvalue weighted by Gasteiger charge is 2.17. The first kappa shape index (κ1) is 19.4. The topological polar surface area (TPSA) is 47.5 Å². The summed E-state index contributed by atoms with van der Waals surface area (Å²) in [5, 5.41) is 3.40. The van der Waals surface area contributed by atoms with Gasteiger partial charge in [0.2, 0.25) is 5.95 Å². The molecule has 0 bridgehead atoms. The van der Waals surface area contributed by atoms with E-state index < -0.39 is 0 Å². The van der Waals surface area contributed by atoms with Crippen LogP contribution in [0.15, 0.2) is 30.5 Å². The molecular formula is C21H32N6. The fourth-order valence-corrected chi connectivity index (χ4v) is 3.57. The largest absolute Gasteiger partial charge is 0.372 e. The first-order valence-corrected chi connectivity index (χ1v) is 10.1. The third-order valence-corrected chi connectivity index (χ3v) is 5.37. The second kappa shape index (κ2) is 9.04. The summed E-state index contributed by atoms with van der Waals surface area (Å²) in [6, 6.07) is 8.52. The molecule has 1 saturated heterocycles. The predicted octanol–water partition coefficient (Wildman–Crippen LogP) is 3.52. The molecule has 146 valence electrons. The molecule has 0 aliphatic carbocycles. The number of likely N-dealkylation sites (N-methyl/N-ethyl adjacent to an activating group) is 1. The van der Waals surface area contributed by atoms with Crippen molar-refractivity contribution in [3.8, 4) is 0 Å². The molecule has 1 aliphatic rings. The second-order valence-corrected chi connectivity index (χ2v) is 6.96. The summed E-state index contributed by atoms with van der Waals surface area (Å²) in [7, 11) is 0. The third kappa shape index (κ3) is 4.69. The van der Waals surface area contributed by atoms with Gasteiger partial charge >= 0.3 is 0 Å². The van der Waals surface area contributed by atoms with E-state index in [2.05, 4.69) is 70.9 Å². The minimum Gasteiger partial charge on any atom is -0.372 e. The maximum absolute atomic E-state index is 4.75. The zero-order chi connectivity index (χ0) is 19.2. The van der Waals surface area contributed by atoms with Gasteiger partial charge in [0.05, 0.1) is 0 Å². The number of nitrogens with one attached hydrogen (secondary N) is 1. The number of nitrogens with zero attached hydrogens (tertiary/aromatic N) is 5. The SMILES string of the molecule is CCN1CCN(c2ccnc(Nc3ccc(N(CC)CC)cc3C)n2)CC1. The van der Waals surface area contributed by atoms with Crippen LogP contribution in [0.1, 0.15) is 26.3 Å². The third-order valence-electron chi connectivity index (χ3n) is 5.37. The van der Waals surface area contributed by atoms with Crippen molar-refractivity contribution in [1.82, 2.24) is 14.9 Å². The Hall–Kier alpha value is -2.34. The molecule has 1 fully saturated rings. The summed E-state index contributed by atoms with van der Waals surface area (Å²) in [5.41, 5.74) is 3.51. The van der Waals surface area contributed by atoms with Crippen LogP contribution in [0.4, 0.5) is 23.1 Å². The van der Waals surface area contributed by atoms with Gasteiger partial charge in [-0.05, 0) is 57.1 Å². The Morgan fingerprint density at radius 1 is 1.04 bits per heavy atom. The summed E-state index contributed by atoms with van der Waals surface area (Å²) < 4.78 is 0. The van der Waals surface area contributed by atoms with Gasteiger partial charge in [0, 0.05) is 56.8 Å². The molecule has 1 N–H and O–H groups in total. The summed E-state index contributed by atoms with van der Waals surface area (Å²) in [6.45, 7) is 16.1. The van der Waals surface area contributed by atoms with Crippen molar-refractivity contribution >= 4 is 23.1 Å². The van der Waals surface area contributed by atoms with Gasteiger partial charge in [-0.25, -0.2) is 4.98 Å². The van der Waals surface area contributed by atoms with E-state index in [4.69, 9.17) is 4.98 Å². The van der Waals surface area contributed by atoms with Crippen LogP contribution in [0.5, 0.6) is 0 Å². The van der Waals surface area contributed by atoms with Gasteiger partial charge in [-0.1, -0.05) is 6.92 Å². The molecule has 0 unspecified atom stereocenters. The van der Waals surface area contributed by atoms with Gasteiger partial charge in [-0.2, -0.15) is 4.98 Å². The second-order valence-electron chi connectivity index (χ2n) is 6.96. The van der Waals surface area contributed by atoms with E-state index in [1.807, 2.05) is 12.3 Å². The zero-order valence-electron chi connectivity index (χ0n) is 17.1. The lowest BCUT2D eigenvalue weighted by Gasteiger charge is -2.34. The van der Waals surface area contributed by atoms with Crippen molar-refractivity contribution in [2.75, 3.05) is 60.9 Å². The minimum absolute atomic E-state index is 0.657. The average Bonchev–Trinajstić information content (AvgIpc) is 2.71. The molecule has 2 heterocycles. The number of rotatable bonds is 7. The Morgan fingerprint density at radius 3 is 2.41 bits per heavy atom. The number of benzene rings is 1. The molecule has 0 amide bonds. The molecule has 1 aromatic heterocycles. The smallest absolute Gasteiger partial charge is 0.229 e. The van der Waals surface area contributed by atoms with Crippen LogP contribution in [-0.2, 0) is 0 Å². The van der Waals surface area contributed by atoms with E-state index in [0.717, 1.165) is 57.3 Å². The quantitative estimate of drug-likeness (QED) is 0.807. The molecule has 6 nitrogen and oxygen atoms in total. The Morgan fingerprint density at radius 2 is 1.78 bits per heavy atom. The monoisotopic (exact) mass is 368 g/mol. The number of hydrogen-bond acceptors (Lipinski definition) is 6. The van der Waals surface area contributed by atoms with Crippen molar-refractivity contribution < 1.29 is 0 Å². The van der Waals surface area contributed by atoms with Crippen LogP contribution < -0.4 is 15.1 Å². The maximum Gasteiger partial charge on any atom is 0.229 e. The average molecular weight is 369 g/mol. The van der Waals surface area contributed by atoms with Crippen LogP contribution in [0.2, 0.25) is 0 Å². The molecule has 3 rings (SSSR count). The Labute approximate surface area is 163 Å². The summed E-state index contributed by atoms with van der Waals surface area (Å²) in [6.07, 6.45) is 1.84. The molecule has 2 aromatic rings. The van der Waals surface area contributed by atoms with E-state index in [9.17, 15) is 0 Å². The Bertz CT molecular complexity index is 735.